The van der Waals surface area contributed by atoms with Gasteiger partial charge in [0.1, 0.15) is 6.61 Å². The highest BCUT2D eigenvalue weighted by Crippen LogP contribution is 2.30. The quantitative estimate of drug-likeness (QED) is 0.608. The summed E-state index contributed by atoms with van der Waals surface area (Å²) >= 11 is 1.66. The van der Waals surface area contributed by atoms with Gasteiger partial charge in [0, 0.05) is 18.0 Å². The van der Waals surface area contributed by atoms with Gasteiger partial charge in [0.05, 0.1) is 13.2 Å². The molecule has 0 spiro atoms. The molecule has 1 aromatic heterocycles. The van der Waals surface area contributed by atoms with Crippen LogP contribution in [0, 0.1) is 5.92 Å². The summed E-state index contributed by atoms with van der Waals surface area (Å²) in [6, 6.07) is 9.37. The average molecular weight is 427 g/mol. The fourth-order valence-electron chi connectivity index (χ4n) is 2.88. The smallest absolute Gasteiger partial charge is 0.239 e. The molecule has 0 fully saturated rings. The van der Waals surface area contributed by atoms with Crippen molar-refractivity contribution in [3.63, 3.8) is 0 Å². The molecule has 2 N–H and O–H groups in total. The molecule has 0 unspecified atom stereocenters. The van der Waals surface area contributed by atoms with Crippen LogP contribution in [0.5, 0.6) is 11.5 Å². The number of rotatable bonds is 10. The number of hydrogen-bond donors (Lipinski definition) is 1. The third-order valence-corrected chi connectivity index (χ3v) is 5.14. The number of amides is 1. The van der Waals surface area contributed by atoms with Gasteiger partial charge in [-0.15, -0.1) is 23.7 Å². The van der Waals surface area contributed by atoms with Crippen LogP contribution in [0.25, 0.3) is 0 Å². The number of carbonyl (C=O) groups excluding carboxylic acids is 1. The molecule has 5 nitrogen and oxygen atoms in total. The highest BCUT2D eigenvalue weighted by atomic mass is 35.5. The molecule has 1 atom stereocenters. The van der Waals surface area contributed by atoms with E-state index in [-0.39, 0.29) is 18.3 Å². The van der Waals surface area contributed by atoms with Crippen LogP contribution in [0.15, 0.2) is 35.7 Å². The van der Waals surface area contributed by atoms with Crippen LogP contribution in [-0.4, -0.2) is 30.5 Å². The Morgan fingerprint density at radius 1 is 1.25 bits per heavy atom. The van der Waals surface area contributed by atoms with Crippen molar-refractivity contribution in [3.05, 3.63) is 46.2 Å². The molecule has 7 heteroatoms. The van der Waals surface area contributed by atoms with Gasteiger partial charge in [-0.3, -0.25) is 4.79 Å². The maximum absolute atomic E-state index is 12.6. The fourth-order valence-corrected chi connectivity index (χ4v) is 3.50. The van der Waals surface area contributed by atoms with Gasteiger partial charge in [0.2, 0.25) is 5.91 Å². The number of methoxy groups -OCH3 is 1. The van der Waals surface area contributed by atoms with Crippen molar-refractivity contribution < 1.29 is 14.3 Å². The van der Waals surface area contributed by atoms with Crippen molar-refractivity contribution >= 4 is 29.7 Å². The molecule has 2 aromatic rings. The molecule has 0 radical (unpaired) electrons. The van der Waals surface area contributed by atoms with E-state index in [2.05, 4.69) is 13.8 Å². The van der Waals surface area contributed by atoms with Crippen LogP contribution in [-0.2, 0) is 17.9 Å². The van der Waals surface area contributed by atoms with Gasteiger partial charge >= 0.3 is 0 Å². The number of thiophene rings is 1. The first kappa shape index (κ1) is 24.3. The number of hydrogen-bond acceptors (Lipinski definition) is 5. The lowest BCUT2D eigenvalue weighted by Gasteiger charge is -2.25. The van der Waals surface area contributed by atoms with Crippen molar-refractivity contribution in [1.82, 2.24) is 4.90 Å². The Kier molecular flexibility index (Phi) is 10.4. The molecule has 0 saturated heterocycles. The molecular formula is C21H31ClN2O3S. The Morgan fingerprint density at radius 3 is 2.57 bits per heavy atom. The number of halogens is 1. The SMILES string of the molecule is CCN(Cc1ccc(OCc2cccs2)c(OC)c1)C(=O)[C@@H](N)CC(C)C.Cl. The average Bonchev–Trinajstić information content (AvgIpc) is 3.17. The van der Waals surface area contributed by atoms with Gasteiger partial charge in [0.25, 0.3) is 0 Å². The van der Waals surface area contributed by atoms with Crippen molar-refractivity contribution in [2.24, 2.45) is 11.7 Å². The van der Waals surface area contributed by atoms with E-state index in [0.717, 1.165) is 10.4 Å². The monoisotopic (exact) mass is 426 g/mol. The first-order chi connectivity index (χ1) is 12.9. The lowest BCUT2D eigenvalue weighted by Crippen LogP contribution is -2.43. The second-order valence-corrected chi connectivity index (χ2v) is 7.97. The maximum Gasteiger partial charge on any atom is 0.239 e. The molecule has 0 bridgehead atoms. The zero-order valence-corrected chi connectivity index (χ0v) is 18.6. The first-order valence-electron chi connectivity index (χ1n) is 9.31. The van der Waals surface area contributed by atoms with Crippen LogP contribution < -0.4 is 15.2 Å². The van der Waals surface area contributed by atoms with Crippen molar-refractivity contribution in [3.8, 4) is 11.5 Å². The number of nitrogens with zero attached hydrogens (tertiary/aromatic N) is 1. The Bertz CT molecular complexity index is 722. The van der Waals surface area contributed by atoms with Gasteiger partial charge in [-0.05, 0) is 48.4 Å². The molecule has 156 valence electrons. The van der Waals surface area contributed by atoms with E-state index in [1.807, 2.05) is 42.6 Å². The summed E-state index contributed by atoms with van der Waals surface area (Å²) in [6.07, 6.45) is 0.689. The Morgan fingerprint density at radius 2 is 2.00 bits per heavy atom. The van der Waals surface area contributed by atoms with Gasteiger partial charge in [-0.2, -0.15) is 0 Å². The lowest BCUT2D eigenvalue weighted by molar-refractivity contribution is -0.133. The van der Waals surface area contributed by atoms with Crippen LogP contribution in [0.4, 0.5) is 0 Å². The van der Waals surface area contributed by atoms with E-state index in [1.54, 1.807) is 23.3 Å². The third-order valence-electron chi connectivity index (χ3n) is 4.29. The number of carbonyl (C=O) groups is 1. The summed E-state index contributed by atoms with van der Waals surface area (Å²) < 4.78 is 11.4. The summed E-state index contributed by atoms with van der Waals surface area (Å²) in [4.78, 5) is 15.6. The van der Waals surface area contributed by atoms with Crippen LogP contribution >= 0.6 is 23.7 Å². The van der Waals surface area contributed by atoms with Crippen molar-refractivity contribution in [1.29, 1.82) is 0 Å². The normalized spacial score (nSPS) is 11.6. The summed E-state index contributed by atoms with van der Waals surface area (Å²) in [5.74, 6) is 1.74. The van der Waals surface area contributed by atoms with E-state index >= 15 is 0 Å². The van der Waals surface area contributed by atoms with Crippen molar-refractivity contribution in [2.75, 3.05) is 13.7 Å². The van der Waals surface area contributed by atoms with E-state index in [9.17, 15) is 4.79 Å². The highest BCUT2D eigenvalue weighted by molar-refractivity contribution is 7.09. The Hall–Kier alpha value is -1.76. The van der Waals surface area contributed by atoms with Crippen molar-refractivity contribution in [2.45, 2.75) is 46.4 Å². The fraction of sp³-hybridized carbons (Fsp3) is 0.476. The summed E-state index contributed by atoms with van der Waals surface area (Å²) in [7, 11) is 1.62. The van der Waals surface area contributed by atoms with Gasteiger partial charge in [0.15, 0.2) is 11.5 Å². The van der Waals surface area contributed by atoms with E-state index in [0.29, 0.717) is 43.5 Å². The molecule has 28 heavy (non-hydrogen) atoms. The zero-order valence-electron chi connectivity index (χ0n) is 17.0. The number of nitrogens with two attached hydrogens (primary N) is 1. The minimum atomic E-state index is -0.458. The third kappa shape index (κ3) is 7.00. The second kappa shape index (κ2) is 11.9. The van der Waals surface area contributed by atoms with Gasteiger partial charge < -0.3 is 20.1 Å². The van der Waals surface area contributed by atoms with Crippen LogP contribution in [0.2, 0.25) is 0 Å². The summed E-state index contributed by atoms with van der Waals surface area (Å²) in [5.41, 5.74) is 7.07. The maximum atomic E-state index is 12.6. The zero-order chi connectivity index (χ0) is 19.8. The standard InChI is InChI=1S/C21H30N2O3S.ClH/c1-5-23(21(24)18(22)11-15(2)3)13-16-8-9-19(20(12-16)25-4)26-14-17-7-6-10-27-17;/h6-10,12,15,18H,5,11,13-14,22H2,1-4H3;1H/t18-;/m0./s1. The van der Waals surface area contributed by atoms with Gasteiger partial charge in [-0.1, -0.05) is 26.0 Å². The summed E-state index contributed by atoms with van der Waals surface area (Å²) in [6.45, 7) is 7.74. The molecule has 0 aliphatic carbocycles. The second-order valence-electron chi connectivity index (χ2n) is 6.94. The summed E-state index contributed by atoms with van der Waals surface area (Å²) in [5, 5.41) is 2.03. The largest absolute Gasteiger partial charge is 0.493 e. The molecule has 0 aliphatic rings. The number of likely N-dealkylation sites (N-methyl/N-ethyl adjacent to an activating group) is 1. The number of benzene rings is 1. The predicted octanol–water partition coefficient (Wildman–Crippen LogP) is 4.48. The minimum Gasteiger partial charge on any atom is -0.493 e. The number of ether oxygens (including phenoxy) is 2. The highest BCUT2D eigenvalue weighted by Gasteiger charge is 2.21. The first-order valence-corrected chi connectivity index (χ1v) is 10.2. The Labute approximate surface area is 178 Å². The molecule has 2 rings (SSSR count). The minimum absolute atomic E-state index is 0. The van der Waals surface area contributed by atoms with E-state index in [4.69, 9.17) is 15.2 Å². The molecule has 1 amide bonds. The molecule has 0 aliphatic heterocycles. The van der Waals surface area contributed by atoms with Crippen LogP contribution in [0.1, 0.15) is 37.6 Å². The van der Waals surface area contributed by atoms with E-state index in [1.165, 1.54) is 0 Å². The van der Waals surface area contributed by atoms with Gasteiger partial charge in [-0.25, -0.2) is 0 Å². The predicted molar refractivity (Wildman–Crippen MR) is 117 cm³/mol. The Balaban J connectivity index is 0.00000392. The van der Waals surface area contributed by atoms with Crippen LogP contribution in [0.3, 0.4) is 0 Å². The molecule has 1 heterocycles. The molecule has 0 saturated carbocycles. The lowest BCUT2D eigenvalue weighted by atomic mass is 10.0. The topological polar surface area (TPSA) is 64.8 Å². The van der Waals surface area contributed by atoms with E-state index < -0.39 is 6.04 Å². The molecule has 1 aromatic carbocycles. The molecular weight excluding hydrogens is 396 g/mol.